The molecule has 6 heteroatoms. The lowest BCUT2D eigenvalue weighted by Gasteiger charge is -2.11. The fraction of sp³-hybridized carbons (Fsp3) is 0.200. The summed E-state index contributed by atoms with van der Waals surface area (Å²) in [5.74, 6) is 2.46. The number of ether oxygens (including phenoxy) is 1. The maximum atomic E-state index is 11.3. The highest BCUT2D eigenvalue weighted by Crippen LogP contribution is 2.30. The summed E-state index contributed by atoms with van der Waals surface area (Å²) >= 11 is 3.19. The second-order valence-electron chi connectivity index (χ2n) is 3.09. The highest BCUT2D eigenvalue weighted by molar-refractivity contribution is 9.10. The minimum absolute atomic E-state index is 0.00894. The molecule has 0 spiro atoms. The van der Waals surface area contributed by atoms with E-state index in [1.54, 1.807) is 13.0 Å². The molecule has 0 radical (unpaired) electrons. The average molecular weight is 304 g/mol. The minimum Gasteiger partial charge on any atom is -0.479 e. The lowest BCUT2D eigenvalue weighted by atomic mass is 10.2. The molecule has 1 aromatic rings. The Morgan fingerprint density at radius 3 is 2.69 bits per heavy atom. The van der Waals surface area contributed by atoms with Crippen LogP contribution >= 0.6 is 15.9 Å². The number of benzene rings is 1. The molecular formula is C10H10BrNO3S. The normalized spacial score (nSPS) is 10.9. The van der Waals surface area contributed by atoms with Gasteiger partial charge in [0.05, 0.1) is 0 Å². The molecule has 0 aromatic heterocycles. The molecule has 16 heavy (non-hydrogen) atoms. The Hall–Kier alpha value is -1.03. The van der Waals surface area contributed by atoms with E-state index in [0.29, 0.717) is 10.0 Å². The number of sulfonamides is 1. The fourth-order valence-electron chi connectivity index (χ4n) is 1.21. The van der Waals surface area contributed by atoms with E-state index < -0.39 is 10.0 Å². The van der Waals surface area contributed by atoms with Gasteiger partial charge >= 0.3 is 0 Å². The van der Waals surface area contributed by atoms with Gasteiger partial charge in [-0.3, -0.25) is 0 Å². The van der Waals surface area contributed by atoms with Crippen molar-refractivity contribution in [1.29, 1.82) is 0 Å². The number of rotatable bonds is 3. The van der Waals surface area contributed by atoms with E-state index in [9.17, 15) is 8.42 Å². The van der Waals surface area contributed by atoms with E-state index in [0.717, 1.165) is 0 Å². The molecular weight excluding hydrogens is 294 g/mol. The van der Waals surface area contributed by atoms with E-state index >= 15 is 0 Å². The molecule has 0 unspecified atom stereocenters. The van der Waals surface area contributed by atoms with E-state index in [-0.39, 0.29) is 17.3 Å². The van der Waals surface area contributed by atoms with Crippen molar-refractivity contribution in [3.8, 4) is 18.1 Å². The standard InChI is InChI=1S/C10H10BrNO3S/c1-3-4-15-10-7(2)5-8(11)6-9(10)16(12,13)14/h1,5-6H,4H2,2H3,(H2,12,13,14). The molecule has 4 nitrogen and oxygen atoms in total. The zero-order chi connectivity index (χ0) is 12.3. The molecule has 0 fully saturated rings. The fourth-order valence-corrected chi connectivity index (χ4v) is 2.70. The maximum Gasteiger partial charge on any atom is 0.241 e. The average Bonchev–Trinajstić information content (AvgIpc) is 2.14. The summed E-state index contributed by atoms with van der Waals surface area (Å²) in [5, 5.41) is 5.09. The number of terminal acetylenes is 1. The van der Waals surface area contributed by atoms with Gasteiger partial charge in [-0.05, 0) is 24.6 Å². The molecule has 0 heterocycles. The molecule has 0 saturated heterocycles. The van der Waals surface area contributed by atoms with Crippen molar-refractivity contribution in [2.75, 3.05) is 6.61 Å². The lowest BCUT2D eigenvalue weighted by Crippen LogP contribution is -2.14. The highest BCUT2D eigenvalue weighted by Gasteiger charge is 2.18. The van der Waals surface area contributed by atoms with Crippen LogP contribution in [0.15, 0.2) is 21.5 Å². The number of halogens is 1. The SMILES string of the molecule is C#CCOc1c(C)cc(Br)cc1S(N)(=O)=O. The molecule has 0 saturated carbocycles. The lowest BCUT2D eigenvalue weighted by molar-refractivity contribution is 0.357. The Balaban J connectivity index is 3.40. The summed E-state index contributed by atoms with van der Waals surface area (Å²) < 4.78 is 28.5. The smallest absolute Gasteiger partial charge is 0.241 e. The molecule has 0 atom stereocenters. The largest absolute Gasteiger partial charge is 0.479 e. The van der Waals surface area contributed by atoms with Crippen LogP contribution in [0, 0.1) is 19.3 Å². The van der Waals surface area contributed by atoms with Crippen molar-refractivity contribution in [3.05, 3.63) is 22.2 Å². The summed E-state index contributed by atoms with van der Waals surface area (Å²) in [6.45, 7) is 1.70. The van der Waals surface area contributed by atoms with Crippen molar-refractivity contribution in [1.82, 2.24) is 0 Å². The first-order valence-corrected chi connectivity index (χ1v) is 6.59. The van der Waals surface area contributed by atoms with Crippen LogP contribution < -0.4 is 9.88 Å². The first-order valence-electron chi connectivity index (χ1n) is 4.25. The number of nitrogens with two attached hydrogens (primary N) is 1. The monoisotopic (exact) mass is 303 g/mol. The summed E-state index contributed by atoms with van der Waals surface area (Å²) in [6.07, 6.45) is 5.05. The van der Waals surface area contributed by atoms with Crippen LogP contribution in [-0.2, 0) is 10.0 Å². The van der Waals surface area contributed by atoms with Gasteiger partial charge in [0.1, 0.15) is 17.3 Å². The van der Waals surface area contributed by atoms with Gasteiger partial charge in [-0.2, -0.15) is 0 Å². The second kappa shape index (κ2) is 4.87. The highest BCUT2D eigenvalue weighted by atomic mass is 79.9. The van der Waals surface area contributed by atoms with Crippen molar-refractivity contribution in [2.24, 2.45) is 5.14 Å². The molecule has 0 aliphatic rings. The molecule has 0 aliphatic carbocycles. The van der Waals surface area contributed by atoms with Crippen LogP contribution in [0.5, 0.6) is 5.75 Å². The van der Waals surface area contributed by atoms with E-state index in [1.807, 2.05) is 0 Å². The molecule has 86 valence electrons. The van der Waals surface area contributed by atoms with Crippen molar-refractivity contribution < 1.29 is 13.2 Å². The summed E-state index contributed by atoms with van der Waals surface area (Å²) in [7, 11) is -3.83. The van der Waals surface area contributed by atoms with Gasteiger partial charge < -0.3 is 4.74 Å². The van der Waals surface area contributed by atoms with E-state index in [2.05, 4.69) is 21.9 Å². The van der Waals surface area contributed by atoms with Crippen LogP contribution in [0.4, 0.5) is 0 Å². The molecule has 0 bridgehead atoms. The van der Waals surface area contributed by atoms with Crippen LogP contribution in [0.25, 0.3) is 0 Å². The van der Waals surface area contributed by atoms with Crippen LogP contribution in [0.3, 0.4) is 0 Å². The Morgan fingerprint density at radius 2 is 2.19 bits per heavy atom. The zero-order valence-electron chi connectivity index (χ0n) is 8.53. The van der Waals surface area contributed by atoms with Gasteiger partial charge in [0.25, 0.3) is 0 Å². The third-order valence-electron chi connectivity index (χ3n) is 1.81. The van der Waals surface area contributed by atoms with E-state index in [1.165, 1.54) is 6.07 Å². The molecule has 1 rings (SSSR count). The van der Waals surface area contributed by atoms with Crippen molar-refractivity contribution >= 4 is 26.0 Å². The first-order chi connectivity index (χ1) is 7.36. The predicted molar refractivity (Wildman–Crippen MR) is 64.6 cm³/mol. The number of primary sulfonamides is 1. The summed E-state index contributed by atoms with van der Waals surface area (Å²) in [5.41, 5.74) is 0.647. The number of hydrogen-bond donors (Lipinski definition) is 1. The Kier molecular flexibility index (Phi) is 3.97. The molecule has 0 amide bonds. The molecule has 2 N–H and O–H groups in total. The summed E-state index contributed by atoms with van der Waals surface area (Å²) in [6, 6.07) is 3.11. The third kappa shape index (κ3) is 2.98. The molecule has 1 aromatic carbocycles. The maximum absolute atomic E-state index is 11.3. The third-order valence-corrected chi connectivity index (χ3v) is 3.19. The number of aryl methyl sites for hydroxylation is 1. The second-order valence-corrected chi connectivity index (χ2v) is 5.53. The van der Waals surface area contributed by atoms with Crippen molar-refractivity contribution in [2.45, 2.75) is 11.8 Å². The van der Waals surface area contributed by atoms with Gasteiger partial charge in [-0.15, -0.1) is 6.42 Å². The Morgan fingerprint density at radius 1 is 1.56 bits per heavy atom. The van der Waals surface area contributed by atoms with Gasteiger partial charge in [-0.1, -0.05) is 21.9 Å². The quantitative estimate of drug-likeness (QED) is 0.859. The van der Waals surface area contributed by atoms with Gasteiger partial charge in [0.2, 0.25) is 10.0 Å². The van der Waals surface area contributed by atoms with Gasteiger partial charge in [-0.25, -0.2) is 13.6 Å². The molecule has 0 aliphatic heterocycles. The van der Waals surface area contributed by atoms with Gasteiger partial charge in [0.15, 0.2) is 0 Å². The van der Waals surface area contributed by atoms with Crippen LogP contribution in [-0.4, -0.2) is 15.0 Å². The zero-order valence-corrected chi connectivity index (χ0v) is 10.9. The minimum atomic E-state index is -3.83. The van der Waals surface area contributed by atoms with Crippen molar-refractivity contribution in [3.63, 3.8) is 0 Å². The Labute approximate surface area is 103 Å². The topological polar surface area (TPSA) is 69.4 Å². The van der Waals surface area contributed by atoms with Crippen LogP contribution in [0.2, 0.25) is 0 Å². The van der Waals surface area contributed by atoms with E-state index in [4.69, 9.17) is 16.3 Å². The first kappa shape index (κ1) is 13.0. The van der Waals surface area contributed by atoms with Gasteiger partial charge in [0, 0.05) is 4.47 Å². The predicted octanol–water partition coefficient (Wildman–Crippen LogP) is 1.42. The van der Waals surface area contributed by atoms with Crippen LogP contribution in [0.1, 0.15) is 5.56 Å². The summed E-state index contributed by atoms with van der Waals surface area (Å²) in [4.78, 5) is -0.0744. The number of hydrogen-bond acceptors (Lipinski definition) is 3. The Bertz CT molecular complexity index is 546.